The van der Waals surface area contributed by atoms with Crippen LogP contribution in [0.4, 0.5) is 0 Å². The predicted octanol–water partition coefficient (Wildman–Crippen LogP) is 6.45. The largest absolute Gasteiger partial charge is 0.212 e. The van der Waals surface area contributed by atoms with E-state index in [9.17, 15) is 0 Å². The molecule has 6 rings (SSSR count). The number of rotatable bonds is 7. The molecule has 2 heteroatoms. The highest BCUT2D eigenvalue weighted by Gasteiger charge is 2.10. The lowest BCUT2D eigenvalue weighted by molar-refractivity contribution is -0.662. The highest BCUT2D eigenvalue weighted by Crippen LogP contribution is 2.14. The Kier molecular flexibility index (Phi) is 6.24. The van der Waals surface area contributed by atoms with E-state index in [1.165, 1.54) is 44.1 Å². The number of pyridine rings is 2. The van der Waals surface area contributed by atoms with Crippen molar-refractivity contribution < 1.29 is 9.13 Å². The van der Waals surface area contributed by atoms with Crippen LogP contribution in [-0.2, 0) is 25.9 Å². The number of benzene rings is 4. The van der Waals surface area contributed by atoms with Crippen LogP contribution in [0.3, 0.4) is 0 Å². The van der Waals surface area contributed by atoms with Gasteiger partial charge in [0.05, 0.1) is 0 Å². The van der Waals surface area contributed by atoms with Gasteiger partial charge in [-0.1, -0.05) is 72.8 Å². The van der Waals surface area contributed by atoms with E-state index in [4.69, 9.17) is 0 Å². The molecule has 0 unspecified atom stereocenters. The second-order valence-corrected chi connectivity index (χ2v) is 9.52. The first kappa shape index (κ1) is 22.2. The number of aryl methyl sites for hydroxylation is 2. The molecule has 0 saturated carbocycles. The second kappa shape index (κ2) is 10.1. The molecule has 0 amide bonds. The lowest BCUT2D eigenvalue weighted by Crippen LogP contribution is -2.34. The van der Waals surface area contributed by atoms with E-state index in [0.29, 0.717) is 0 Å². The molecule has 0 radical (unpaired) electrons. The average Bonchev–Trinajstić information content (AvgIpc) is 2.94. The molecule has 0 bridgehead atoms. The Balaban J connectivity index is 1.08. The van der Waals surface area contributed by atoms with Crippen LogP contribution in [0.1, 0.15) is 22.3 Å². The van der Waals surface area contributed by atoms with Gasteiger partial charge in [-0.15, -0.1) is 0 Å². The molecule has 0 aliphatic heterocycles. The van der Waals surface area contributed by atoms with Crippen LogP contribution in [0, 0.1) is 0 Å². The number of nitrogens with zero attached hydrogens (tertiary/aromatic N) is 2. The van der Waals surface area contributed by atoms with E-state index in [-0.39, 0.29) is 0 Å². The third-order valence-corrected chi connectivity index (χ3v) is 7.03. The van der Waals surface area contributed by atoms with E-state index >= 15 is 0 Å². The smallest absolute Gasteiger partial charge is 0.194 e. The molecule has 2 nitrogen and oxygen atoms in total. The number of hydrogen-bond donors (Lipinski definition) is 0. The van der Waals surface area contributed by atoms with Crippen LogP contribution in [-0.4, -0.2) is 0 Å². The van der Waals surface area contributed by atoms with Gasteiger partial charge in [-0.3, -0.25) is 0 Å². The Morgan fingerprint density at radius 3 is 1.17 bits per heavy atom. The summed E-state index contributed by atoms with van der Waals surface area (Å²) >= 11 is 0. The molecule has 36 heavy (non-hydrogen) atoms. The van der Waals surface area contributed by atoms with Gasteiger partial charge >= 0.3 is 0 Å². The number of para-hydroxylation sites is 2. The van der Waals surface area contributed by atoms with Crippen molar-refractivity contribution in [3.05, 3.63) is 156 Å². The maximum atomic E-state index is 2.32. The van der Waals surface area contributed by atoms with Crippen molar-refractivity contribution in [2.75, 3.05) is 0 Å². The third-order valence-electron chi connectivity index (χ3n) is 7.03. The van der Waals surface area contributed by atoms with Gasteiger partial charge in [0.15, 0.2) is 25.5 Å². The molecule has 174 valence electrons. The SMILES string of the molecule is c1ccc2c(c1)ccc[n+]2Cc1ccc(CCc2ccc(C[n+]3cccc4ccccc43)cc2)cc1. The first-order valence-corrected chi connectivity index (χ1v) is 12.7. The van der Waals surface area contributed by atoms with Gasteiger partial charge in [-0.05, 0) is 48.2 Å². The Morgan fingerprint density at radius 1 is 0.361 bits per heavy atom. The Bertz CT molecular complexity index is 1480. The topological polar surface area (TPSA) is 7.76 Å². The van der Waals surface area contributed by atoms with Gasteiger partial charge in [-0.2, -0.15) is 9.13 Å². The third kappa shape index (κ3) is 4.89. The summed E-state index contributed by atoms with van der Waals surface area (Å²) in [6.45, 7) is 1.77. The highest BCUT2D eigenvalue weighted by molar-refractivity contribution is 5.75. The monoisotopic (exact) mass is 466 g/mol. The number of aromatic nitrogens is 2. The molecule has 6 aromatic rings. The predicted molar refractivity (Wildman–Crippen MR) is 147 cm³/mol. The van der Waals surface area contributed by atoms with Crippen LogP contribution < -0.4 is 9.13 Å². The van der Waals surface area contributed by atoms with Crippen molar-refractivity contribution in [2.45, 2.75) is 25.9 Å². The van der Waals surface area contributed by atoms with Crippen LogP contribution in [0.5, 0.6) is 0 Å². The van der Waals surface area contributed by atoms with Crippen LogP contribution in [0.25, 0.3) is 21.8 Å². The number of hydrogen-bond acceptors (Lipinski definition) is 0. The van der Waals surface area contributed by atoms with Crippen molar-refractivity contribution >= 4 is 21.8 Å². The van der Waals surface area contributed by atoms with Crippen molar-refractivity contribution in [1.29, 1.82) is 0 Å². The van der Waals surface area contributed by atoms with Gasteiger partial charge in [0.25, 0.3) is 0 Å². The fourth-order valence-corrected chi connectivity index (χ4v) is 5.02. The fourth-order valence-electron chi connectivity index (χ4n) is 5.02. The average molecular weight is 467 g/mol. The minimum Gasteiger partial charge on any atom is -0.194 e. The zero-order valence-electron chi connectivity index (χ0n) is 20.4. The summed E-state index contributed by atoms with van der Waals surface area (Å²) in [7, 11) is 0. The maximum absolute atomic E-state index is 2.32. The normalized spacial score (nSPS) is 11.2. The quantitative estimate of drug-likeness (QED) is 0.239. The Labute approximate surface area is 212 Å². The molecule has 2 heterocycles. The van der Waals surface area contributed by atoms with E-state index in [2.05, 4.69) is 143 Å². The number of fused-ring (bicyclic) bond motifs is 2. The van der Waals surface area contributed by atoms with E-state index < -0.39 is 0 Å². The molecule has 0 spiro atoms. The lowest BCUT2D eigenvalue weighted by Gasteiger charge is -2.06. The van der Waals surface area contributed by atoms with Gasteiger partial charge in [0.2, 0.25) is 11.0 Å². The standard InChI is InChI=1S/C34H30N2/c1-3-11-33-31(7-1)9-5-23-35(33)25-29-19-15-27(16-20-29)13-14-28-17-21-30(22-18-28)26-36-24-6-10-32-8-2-4-12-34(32)36/h1-12,15-24H,13-14,25-26H2/q+2. The van der Waals surface area contributed by atoms with E-state index in [1.807, 2.05) is 0 Å². The lowest BCUT2D eigenvalue weighted by atomic mass is 10.0. The summed E-state index contributed by atoms with van der Waals surface area (Å²) < 4.78 is 4.64. The second-order valence-electron chi connectivity index (χ2n) is 9.52. The summed E-state index contributed by atoms with van der Waals surface area (Å²) in [5.74, 6) is 0. The van der Waals surface area contributed by atoms with Crippen LogP contribution in [0.15, 0.2) is 134 Å². The Morgan fingerprint density at radius 2 is 0.722 bits per heavy atom. The fraction of sp³-hybridized carbons (Fsp3) is 0.118. The van der Waals surface area contributed by atoms with Crippen molar-refractivity contribution in [1.82, 2.24) is 0 Å². The highest BCUT2D eigenvalue weighted by atomic mass is 14.9. The molecule has 0 aliphatic rings. The van der Waals surface area contributed by atoms with Crippen molar-refractivity contribution in [3.63, 3.8) is 0 Å². The summed E-state index contributed by atoms with van der Waals surface area (Å²) in [6.07, 6.45) is 6.44. The molecular weight excluding hydrogens is 436 g/mol. The molecule has 0 saturated heterocycles. The molecule has 0 aliphatic carbocycles. The summed E-state index contributed by atoms with van der Waals surface area (Å²) in [4.78, 5) is 0. The van der Waals surface area contributed by atoms with Crippen molar-refractivity contribution in [3.8, 4) is 0 Å². The van der Waals surface area contributed by atoms with Gasteiger partial charge in [0, 0.05) is 46.2 Å². The first-order valence-electron chi connectivity index (χ1n) is 12.7. The van der Waals surface area contributed by atoms with Crippen molar-refractivity contribution in [2.24, 2.45) is 0 Å². The van der Waals surface area contributed by atoms with Gasteiger partial charge < -0.3 is 0 Å². The molecule has 0 N–H and O–H groups in total. The maximum Gasteiger partial charge on any atom is 0.212 e. The molecule has 0 fully saturated rings. The van der Waals surface area contributed by atoms with Gasteiger partial charge in [0.1, 0.15) is 0 Å². The molecule has 0 atom stereocenters. The minimum atomic E-state index is 0.887. The summed E-state index contributed by atoms with van der Waals surface area (Å²) in [6, 6.07) is 44.0. The Hall–Kier alpha value is -4.30. The zero-order chi connectivity index (χ0) is 24.2. The zero-order valence-corrected chi connectivity index (χ0v) is 20.4. The summed E-state index contributed by atoms with van der Waals surface area (Å²) in [5.41, 5.74) is 7.97. The van der Waals surface area contributed by atoms with Crippen LogP contribution >= 0.6 is 0 Å². The van der Waals surface area contributed by atoms with E-state index in [1.54, 1.807) is 0 Å². The molecule has 2 aromatic heterocycles. The minimum absolute atomic E-state index is 0.887. The first-order chi connectivity index (χ1) is 17.8. The molecular formula is C34H30N2+2. The van der Waals surface area contributed by atoms with E-state index in [0.717, 1.165) is 25.9 Å². The van der Waals surface area contributed by atoms with Crippen LogP contribution in [0.2, 0.25) is 0 Å². The molecule has 4 aromatic carbocycles. The van der Waals surface area contributed by atoms with Gasteiger partial charge in [-0.25, -0.2) is 0 Å². The summed E-state index contributed by atoms with van der Waals surface area (Å²) in [5, 5.41) is 2.55.